The van der Waals surface area contributed by atoms with Gasteiger partial charge in [0.1, 0.15) is 17.3 Å². The lowest BCUT2D eigenvalue weighted by Gasteiger charge is -2.10. The number of benzene rings is 2. The Morgan fingerprint density at radius 3 is 2.54 bits per heavy atom. The van der Waals surface area contributed by atoms with Crippen molar-refractivity contribution >= 4 is 22.3 Å². The predicted octanol–water partition coefficient (Wildman–Crippen LogP) is 5.25. The van der Waals surface area contributed by atoms with Crippen LogP contribution in [0.25, 0.3) is 22.0 Å². The molecule has 0 unspecified atom stereocenters. The summed E-state index contributed by atoms with van der Waals surface area (Å²) < 4.78 is 46.5. The molecule has 1 heterocycles. The van der Waals surface area contributed by atoms with Crippen molar-refractivity contribution in [3.05, 3.63) is 48.5 Å². The van der Waals surface area contributed by atoms with Crippen molar-refractivity contribution in [2.24, 2.45) is 0 Å². The van der Waals surface area contributed by atoms with E-state index in [1.54, 1.807) is 13.2 Å². The van der Waals surface area contributed by atoms with Gasteiger partial charge < -0.3 is 14.8 Å². The minimum atomic E-state index is -4.73. The lowest BCUT2D eigenvalue weighted by atomic mass is 10.2. The van der Waals surface area contributed by atoms with Gasteiger partial charge in [0.2, 0.25) is 0 Å². The molecule has 1 aliphatic carbocycles. The van der Waals surface area contributed by atoms with Crippen molar-refractivity contribution in [1.29, 1.82) is 0 Å². The van der Waals surface area contributed by atoms with Crippen LogP contribution in [0.5, 0.6) is 11.5 Å². The van der Waals surface area contributed by atoms with Gasteiger partial charge in [0.25, 0.3) is 0 Å². The Bertz CT molecular complexity index is 1040. The van der Waals surface area contributed by atoms with E-state index in [2.05, 4.69) is 20.3 Å². The number of halogens is 3. The number of rotatable bonds is 4. The number of aromatic amines is 2. The van der Waals surface area contributed by atoms with Gasteiger partial charge in [-0.1, -0.05) is 18.2 Å². The number of aromatic nitrogens is 2. The Morgan fingerprint density at radius 2 is 1.77 bits per heavy atom. The van der Waals surface area contributed by atoms with Crippen molar-refractivity contribution in [1.82, 2.24) is 10.2 Å². The molecule has 0 aromatic heterocycles. The number of anilines is 2. The molecule has 2 aliphatic rings. The van der Waals surface area contributed by atoms with E-state index in [0.717, 1.165) is 27.8 Å². The number of fused-ring (bicyclic) bond motifs is 3. The molecule has 2 aromatic rings. The molecule has 4 rings (SSSR count). The molecular formula is C18H14F3N3O2. The summed E-state index contributed by atoms with van der Waals surface area (Å²) in [5.74, 6) is 1.09. The maximum absolute atomic E-state index is 12.4. The zero-order valence-electron chi connectivity index (χ0n) is 13.6. The number of hydrogen-bond donors (Lipinski definition) is 3. The Kier molecular flexibility index (Phi) is 3.68. The van der Waals surface area contributed by atoms with Crippen LogP contribution in [0, 0.1) is 0 Å². The predicted molar refractivity (Wildman–Crippen MR) is 92.2 cm³/mol. The third kappa shape index (κ3) is 2.90. The first-order valence-corrected chi connectivity index (χ1v) is 7.73. The van der Waals surface area contributed by atoms with Crippen LogP contribution >= 0.6 is 0 Å². The second-order valence-corrected chi connectivity index (χ2v) is 5.68. The molecule has 2 aromatic carbocycles. The van der Waals surface area contributed by atoms with Crippen LogP contribution in [0.15, 0.2) is 48.5 Å². The molecule has 0 saturated heterocycles. The third-order valence-corrected chi connectivity index (χ3v) is 4.03. The standard InChI is InChI=1S/C18H14F3N3O2/c1-25-15-7-3-6-12-13(15)9-14-16(12)23-24-17(14)22-10-4-2-5-11(8-10)26-18(19,20)21/h2-9,22-24H,1H3. The van der Waals surface area contributed by atoms with E-state index in [1.165, 1.54) is 18.2 Å². The maximum Gasteiger partial charge on any atom is 0.573 e. The third-order valence-electron chi connectivity index (χ3n) is 4.03. The Labute approximate surface area is 146 Å². The Morgan fingerprint density at radius 1 is 0.962 bits per heavy atom. The van der Waals surface area contributed by atoms with Crippen molar-refractivity contribution in [3.8, 4) is 22.8 Å². The number of hydrogen-bond acceptors (Lipinski definition) is 3. The molecule has 8 heteroatoms. The van der Waals surface area contributed by atoms with E-state index < -0.39 is 6.36 Å². The summed E-state index contributed by atoms with van der Waals surface area (Å²) >= 11 is 0. The van der Waals surface area contributed by atoms with Gasteiger partial charge in [-0.25, -0.2) is 0 Å². The van der Waals surface area contributed by atoms with Gasteiger partial charge in [0.05, 0.1) is 12.8 Å². The lowest BCUT2D eigenvalue weighted by molar-refractivity contribution is -0.274. The monoisotopic (exact) mass is 361 g/mol. The molecule has 0 spiro atoms. The highest BCUT2D eigenvalue weighted by Crippen LogP contribution is 2.41. The zero-order chi connectivity index (χ0) is 18.3. The SMILES string of the molecule is COc1cccc2c3[nH][nH]c(Nc4cccc(OC(F)(F)F)c4)c-3cc12. The second kappa shape index (κ2) is 5.91. The fourth-order valence-electron chi connectivity index (χ4n) is 2.99. The van der Waals surface area contributed by atoms with Crippen molar-refractivity contribution < 1.29 is 22.6 Å². The number of nitrogens with one attached hydrogen (secondary N) is 3. The molecular weight excluding hydrogens is 347 g/mol. The average molecular weight is 361 g/mol. The van der Waals surface area contributed by atoms with E-state index in [-0.39, 0.29) is 5.75 Å². The highest BCUT2D eigenvalue weighted by Gasteiger charge is 2.31. The number of methoxy groups -OCH3 is 1. The molecule has 134 valence electrons. The fraction of sp³-hybridized carbons (Fsp3) is 0.111. The minimum Gasteiger partial charge on any atom is -0.496 e. The molecule has 26 heavy (non-hydrogen) atoms. The second-order valence-electron chi connectivity index (χ2n) is 5.68. The van der Waals surface area contributed by atoms with Crippen LogP contribution < -0.4 is 14.8 Å². The average Bonchev–Trinajstić information content (AvgIpc) is 3.13. The molecule has 0 atom stereocenters. The van der Waals surface area contributed by atoms with Gasteiger partial charge in [-0.3, -0.25) is 10.2 Å². The maximum atomic E-state index is 12.4. The molecule has 1 aliphatic heterocycles. The molecule has 3 N–H and O–H groups in total. The van der Waals surface area contributed by atoms with Gasteiger partial charge in [-0.2, -0.15) is 0 Å². The van der Waals surface area contributed by atoms with Crippen LogP contribution in [-0.4, -0.2) is 23.7 Å². The zero-order valence-corrected chi connectivity index (χ0v) is 13.6. The van der Waals surface area contributed by atoms with Crippen molar-refractivity contribution in [2.45, 2.75) is 6.36 Å². The smallest absolute Gasteiger partial charge is 0.496 e. The largest absolute Gasteiger partial charge is 0.573 e. The molecule has 0 radical (unpaired) electrons. The summed E-state index contributed by atoms with van der Waals surface area (Å²) in [7, 11) is 1.60. The van der Waals surface area contributed by atoms with Gasteiger partial charge in [0.15, 0.2) is 0 Å². The van der Waals surface area contributed by atoms with E-state index in [9.17, 15) is 13.2 Å². The van der Waals surface area contributed by atoms with Crippen LogP contribution in [0.1, 0.15) is 0 Å². The molecule has 0 amide bonds. The lowest BCUT2D eigenvalue weighted by Crippen LogP contribution is -2.17. The van der Waals surface area contributed by atoms with Crippen molar-refractivity contribution in [2.75, 3.05) is 12.4 Å². The van der Waals surface area contributed by atoms with Gasteiger partial charge in [0, 0.05) is 28.1 Å². The summed E-state index contributed by atoms with van der Waals surface area (Å²) in [5, 5.41) is 11.1. The van der Waals surface area contributed by atoms with E-state index in [1.807, 2.05) is 24.3 Å². The van der Waals surface area contributed by atoms with Crippen LogP contribution in [0.4, 0.5) is 24.7 Å². The van der Waals surface area contributed by atoms with Crippen molar-refractivity contribution in [3.63, 3.8) is 0 Å². The first-order chi connectivity index (χ1) is 12.4. The van der Waals surface area contributed by atoms with E-state index in [0.29, 0.717) is 11.5 Å². The molecule has 5 nitrogen and oxygen atoms in total. The van der Waals surface area contributed by atoms with Crippen LogP contribution in [0.2, 0.25) is 0 Å². The Balaban J connectivity index is 1.68. The van der Waals surface area contributed by atoms with Gasteiger partial charge in [-0.05, 0) is 24.3 Å². The number of alkyl halides is 3. The fourth-order valence-corrected chi connectivity index (χ4v) is 2.99. The number of ether oxygens (including phenoxy) is 2. The quantitative estimate of drug-likeness (QED) is 0.465. The normalized spacial score (nSPS) is 11.8. The summed E-state index contributed by atoms with van der Waals surface area (Å²) in [6.45, 7) is 0. The Hall–Kier alpha value is -3.29. The minimum absolute atomic E-state index is 0.288. The van der Waals surface area contributed by atoms with E-state index in [4.69, 9.17) is 4.74 Å². The van der Waals surface area contributed by atoms with Gasteiger partial charge in [-0.15, -0.1) is 13.2 Å². The van der Waals surface area contributed by atoms with E-state index >= 15 is 0 Å². The van der Waals surface area contributed by atoms with Gasteiger partial charge >= 0.3 is 6.36 Å². The first kappa shape index (κ1) is 16.2. The first-order valence-electron chi connectivity index (χ1n) is 7.73. The summed E-state index contributed by atoms with van der Waals surface area (Å²) in [6.07, 6.45) is -4.73. The topological polar surface area (TPSA) is 62.1 Å². The number of H-pyrrole nitrogens is 2. The van der Waals surface area contributed by atoms with Crippen LogP contribution in [0.3, 0.4) is 0 Å². The summed E-state index contributed by atoms with van der Waals surface area (Å²) in [6, 6.07) is 13.3. The highest BCUT2D eigenvalue weighted by molar-refractivity contribution is 6.06. The molecule has 0 saturated carbocycles. The summed E-state index contributed by atoms with van der Waals surface area (Å²) in [5.41, 5.74) is 2.21. The molecule has 0 bridgehead atoms. The van der Waals surface area contributed by atoms with Crippen LogP contribution in [-0.2, 0) is 0 Å². The highest BCUT2D eigenvalue weighted by atomic mass is 19.4. The molecule has 0 fully saturated rings. The summed E-state index contributed by atoms with van der Waals surface area (Å²) in [4.78, 5) is 0.